The number of carbonyl (C=O) groups is 1. The standard InChI is InChI=1S/C23H22N4O5S/c1-15-22(16(2)32-25-15)33(29,30)27-11-9-26(10-12-27)23(28)18-14-20(21-8-5-13-31-21)24-19-7-4-3-6-17(18)19/h3-8,13-14H,9-12H2,1-2H3. The van der Waals surface area contributed by atoms with E-state index in [1.54, 1.807) is 43.2 Å². The molecule has 4 heterocycles. The number of piperazine rings is 1. The number of sulfonamides is 1. The zero-order valence-electron chi connectivity index (χ0n) is 18.2. The summed E-state index contributed by atoms with van der Waals surface area (Å²) in [6.45, 7) is 4.10. The fourth-order valence-electron chi connectivity index (χ4n) is 4.18. The van der Waals surface area contributed by atoms with Crippen LogP contribution in [0.5, 0.6) is 0 Å². The second kappa shape index (κ2) is 8.13. The summed E-state index contributed by atoms with van der Waals surface area (Å²) in [6.07, 6.45) is 1.56. The van der Waals surface area contributed by atoms with Crippen molar-refractivity contribution in [2.24, 2.45) is 0 Å². The summed E-state index contributed by atoms with van der Waals surface area (Å²) < 4.78 is 38.1. The Labute approximate surface area is 190 Å². The van der Waals surface area contributed by atoms with E-state index in [1.807, 2.05) is 24.3 Å². The Morgan fingerprint density at radius 3 is 2.45 bits per heavy atom. The van der Waals surface area contributed by atoms with Gasteiger partial charge in [-0.3, -0.25) is 4.79 Å². The van der Waals surface area contributed by atoms with Crippen molar-refractivity contribution in [2.45, 2.75) is 18.7 Å². The number of carbonyl (C=O) groups excluding carboxylic acids is 1. The number of amides is 1. The van der Waals surface area contributed by atoms with E-state index < -0.39 is 10.0 Å². The van der Waals surface area contributed by atoms with Crippen molar-refractivity contribution in [3.8, 4) is 11.5 Å². The molecule has 0 N–H and O–H groups in total. The average molecular weight is 467 g/mol. The van der Waals surface area contributed by atoms with E-state index >= 15 is 0 Å². The Kier molecular flexibility index (Phi) is 5.26. The monoisotopic (exact) mass is 466 g/mol. The van der Waals surface area contributed by atoms with E-state index in [2.05, 4.69) is 10.1 Å². The molecule has 0 aliphatic carbocycles. The molecule has 0 atom stereocenters. The van der Waals surface area contributed by atoms with Crippen LogP contribution in [-0.4, -0.2) is 59.8 Å². The van der Waals surface area contributed by atoms with Crippen molar-refractivity contribution in [2.75, 3.05) is 26.2 Å². The van der Waals surface area contributed by atoms with Crippen molar-refractivity contribution in [1.82, 2.24) is 19.3 Å². The topological polar surface area (TPSA) is 110 Å². The number of aryl methyl sites for hydroxylation is 2. The minimum Gasteiger partial charge on any atom is -0.463 e. The van der Waals surface area contributed by atoms with Crippen molar-refractivity contribution < 1.29 is 22.2 Å². The van der Waals surface area contributed by atoms with Gasteiger partial charge in [0.25, 0.3) is 5.91 Å². The Balaban J connectivity index is 1.42. The highest BCUT2D eigenvalue weighted by atomic mass is 32.2. The van der Waals surface area contributed by atoms with Crippen molar-refractivity contribution in [3.63, 3.8) is 0 Å². The first-order valence-electron chi connectivity index (χ1n) is 10.5. The molecule has 0 radical (unpaired) electrons. The van der Waals surface area contributed by atoms with Gasteiger partial charge in [0, 0.05) is 31.6 Å². The molecule has 9 nitrogen and oxygen atoms in total. The molecule has 5 rings (SSSR count). The molecular formula is C23H22N4O5S. The van der Waals surface area contributed by atoms with Gasteiger partial charge in [-0.25, -0.2) is 13.4 Å². The van der Waals surface area contributed by atoms with Gasteiger partial charge in [-0.05, 0) is 38.1 Å². The normalized spacial score (nSPS) is 15.3. The molecule has 0 spiro atoms. The molecule has 1 aliphatic heterocycles. The van der Waals surface area contributed by atoms with Crippen LogP contribution in [0, 0.1) is 13.8 Å². The van der Waals surface area contributed by atoms with Crippen LogP contribution in [0.4, 0.5) is 0 Å². The van der Waals surface area contributed by atoms with Gasteiger partial charge in [0.05, 0.1) is 17.3 Å². The lowest BCUT2D eigenvalue weighted by molar-refractivity contribution is 0.0699. The molecule has 3 aromatic heterocycles. The predicted octanol–water partition coefficient (Wildman–Crippen LogP) is 3.25. The molecule has 0 saturated carbocycles. The molecule has 170 valence electrons. The Morgan fingerprint density at radius 1 is 1.03 bits per heavy atom. The first-order chi connectivity index (χ1) is 15.9. The maximum Gasteiger partial charge on any atom is 0.254 e. The van der Waals surface area contributed by atoms with Crippen LogP contribution in [0.2, 0.25) is 0 Å². The summed E-state index contributed by atoms with van der Waals surface area (Å²) in [7, 11) is -3.75. The Morgan fingerprint density at radius 2 is 1.79 bits per heavy atom. The second-order valence-electron chi connectivity index (χ2n) is 7.90. The molecule has 10 heteroatoms. The summed E-state index contributed by atoms with van der Waals surface area (Å²) >= 11 is 0. The zero-order chi connectivity index (χ0) is 23.2. The number of fused-ring (bicyclic) bond motifs is 1. The van der Waals surface area contributed by atoms with E-state index in [0.29, 0.717) is 28.2 Å². The quantitative estimate of drug-likeness (QED) is 0.454. The lowest BCUT2D eigenvalue weighted by Gasteiger charge is -2.34. The average Bonchev–Trinajstić information content (AvgIpc) is 3.48. The Hall–Kier alpha value is -3.50. The van der Waals surface area contributed by atoms with Gasteiger partial charge in [-0.15, -0.1) is 0 Å². The summed E-state index contributed by atoms with van der Waals surface area (Å²) in [5.74, 6) is 0.667. The van der Waals surface area contributed by atoms with Crippen LogP contribution in [0.25, 0.3) is 22.4 Å². The number of hydrogen-bond donors (Lipinski definition) is 0. The summed E-state index contributed by atoms with van der Waals surface area (Å²) in [4.78, 5) is 19.9. The van der Waals surface area contributed by atoms with Gasteiger partial charge in [-0.1, -0.05) is 23.4 Å². The van der Waals surface area contributed by atoms with E-state index in [4.69, 9.17) is 8.94 Å². The number of hydrogen-bond acceptors (Lipinski definition) is 7. The minimum absolute atomic E-state index is 0.102. The Bertz CT molecular complexity index is 1420. The molecule has 0 unspecified atom stereocenters. The van der Waals surface area contributed by atoms with Crippen LogP contribution in [0.3, 0.4) is 0 Å². The van der Waals surface area contributed by atoms with Crippen molar-refractivity contribution >= 4 is 26.8 Å². The molecule has 1 aromatic carbocycles. The second-order valence-corrected chi connectivity index (χ2v) is 9.77. The smallest absolute Gasteiger partial charge is 0.254 e. The first-order valence-corrected chi connectivity index (χ1v) is 12.0. The molecule has 1 amide bonds. The van der Waals surface area contributed by atoms with Gasteiger partial charge in [0.1, 0.15) is 16.3 Å². The van der Waals surface area contributed by atoms with Crippen LogP contribution in [0.15, 0.2) is 62.6 Å². The van der Waals surface area contributed by atoms with Gasteiger partial charge < -0.3 is 13.8 Å². The summed E-state index contributed by atoms with van der Waals surface area (Å²) in [5, 5.41) is 4.50. The number of aromatic nitrogens is 2. The molecule has 1 fully saturated rings. The number of pyridine rings is 1. The largest absolute Gasteiger partial charge is 0.463 e. The number of para-hydroxylation sites is 1. The first kappa shape index (κ1) is 21.4. The molecule has 33 heavy (non-hydrogen) atoms. The summed E-state index contributed by atoms with van der Waals surface area (Å²) in [5.41, 5.74) is 2.10. The lowest BCUT2D eigenvalue weighted by atomic mass is 10.1. The number of benzene rings is 1. The number of furan rings is 1. The highest BCUT2D eigenvalue weighted by Crippen LogP contribution is 2.28. The summed E-state index contributed by atoms with van der Waals surface area (Å²) in [6, 6.07) is 12.7. The zero-order valence-corrected chi connectivity index (χ0v) is 19.0. The van der Waals surface area contributed by atoms with Crippen molar-refractivity contribution in [3.05, 3.63) is 65.7 Å². The fraction of sp³-hybridized carbons (Fsp3) is 0.261. The molecular weight excluding hydrogens is 444 g/mol. The van der Waals surface area contributed by atoms with Crippen LogP contribution < -0.4 is 0 Å². The maximum atomic E-state index is 13.5. The third-order valence-corrected chi connectivity index (χ3v) is 7.96. The predicted molar refractivity (Wildman–Crippen MR) is 120 cm³/mol. The highest BCUT2D eigenvalue weighted by Gasteiger charge is 2.34. The van der Waals surface area contributed by atoms with Crippen LogP contribution in [0.1, 0.15) is 21.8 Å². The van der Waals surface area contributed by atoms with Gasteiger partial charge in [0.2, 0.25) is 10.0 Å². The third kappa shape index (κ3) is 3.70. The number of nitrogens with zero attached hydrogens (tertiary/aromatic N) is 4. The highest BCUT2D eigenvalue weighted by molar-refractivity contribution is 7.89. The van der Waals surface area contributed by atoms with Gasteiger partial charge in [0.15, 0.2) is 11.5 Å². The van der Waals surface area contributed by atoms with E-state index in [0.717, 1.165) is 5.39 Å². The van der Waals surface area contributed by atoms with Crippen LogP contribution >= 0.6 is 0 Å². The fourth-order valence-corrected chi connectivity index (χ4v) is 5.89. The van der Waals surface area contributed by atoms with Gasteiger partial charge >= 0.3 is 0 Å². The van der Waals surface area contributed by atoms with Crippen molar-refractivity contribution in [1.29, 1.82) is 0 Å². The van der Waals surface area contributed by atoms with Crippen LogP contribution in [-0.2, 0) is 10.0 Å². The minimum atomic E-state index is -3.75. The van der Waals surface area contributed by atoms with E-state index in [1.165, 1.54) is 4.31 Å². The molecule has 1 saturated heterocycles. The molecule has 1 aliphatic rings. The lowest BCUT2D eigenvalue weighted by Crippen LogP contribution is -2.50. The molecule has 0 bridgehead atoms. The van der Waals surface area contributed by atoms with E-state index in [-0.39, 0.29) is 42.7 Å². The molecule has 4 aromatic rings. The maximum absolute atomic E-state index is 13.5. The van der Waals surface area contributed by atoms with Gasteiger partial charge in [-0.2, -0.15) is 4.31 Å². The van der Waals surface area contributed by atoms with E-state index in [9.17, 15) is 13.2 Å². The SMILES string of the molecule is Cc1noc(C)c1S(=O)(=O)N1CCN(C(=O)c2cc(-c3ccco3)nc3ccccc23)CC1. The number of rotatable bonds is 4. The third-order valence-electron chi connectivity index (χ3n) is 5.81.